The molecule has 0 unspecified atom stereocenters. The Morgan fingerprint density at radius 1 is 1.47 bits per heavy atom. The van der Waals surface area contributed by atoms with Crippen LogP contribution in [0.15, 0.2) is 24.3 Å². The Morgan fingerprint density at radius 2 is 2.35 bits per heavy atom. The number of benzene rings is 1. The van der Waals surface area contributed by atoms with Gasteiger partial charge in [-0.3, -0.25) is 0 Å². The lowest BCUT2D eigenvalue weighted by Crippen LogP contribution is -2.16. The van der Waals surface area contributed by atoms with E-state index < -0.39 is 0 Å². The van der Waals surface area contributed by atoms with Crippen LogP contribution in [0.2, 0.25) is 0 Å². The molecular weight excluding hydrogens is 238 g/mol. The molecule has 0 aromatic heterocycles. The first-order valence-electron chi connectivity index (χ1n) is 5.52. The molecule has 0 aliphatic carbocycles. The fourth-order valence-electron chi connectivity index (χ4n) is 1.77. The van der Waals surface area contributed by atoms with E-state index in [1.165, 1.54) is 5.56 Å². The molecule has 0 bridgehead atoms. The topological polar surface area (TPSA) is 30.5 Å². The molecule has 2 rings (SSSR count). The Morgan fingerprint density at radius 3 is 3.18 bits per heavy atom. The number of rotatable bonds is 3. The summed E-state index contributed by atoms with van der Waals surface area (Å²) in [6, 6.07) is 6.22. The monoisotopic (exact) mass is 255 g/mol. The highest BCUT2D eigenvalue weighted by Crippen LogP contribution is 2.26. The normalized spacial score (nSPS) is 14.6. The SMILES string of the molecule is COCC=Cc1cccc2c1OCCNC2.Cl. The molecule has 0 radical (unpaired) electrons. The van der Waals surface area contributed by atoms with E-state index in [4.69, 9.17) is 9.47 Å². The second-order valence-corrected chi connectivity index (χ2v) is 3.72. The Labute approximate surface area is 108 Å². The van der Waals surface area contributed by atoms with E-state index in [0.717, 1.165) is 31.0 Å². The molecule has 1 aliphatic heterocycles. The fraction of sp³-hybridized carbons (Fsp3) is 0.385. The van der Waals surface area contributed by atoms with E-state index in [2.05, 4.69) is 23.5 Å². The lowest BCUT2D eigenvalue weighted by Gasteiger charge is -2.09. The van der Waals surface area contributed by atoms with Crippen molar-refractivity contribution in [2.45, 2.75) is 6.54 Å². The summed E-state index contributed by atoms with van der Waals surface area (Å²) in [7, 11) is 1.69. The number of ether oxygens (including phenoxy) is 2. The van der Waals surface area contributed by atoms with Crippen LogP contribution in [-0.2, 0) is 11.3 Å². The van der Waals surface area contributed by atoms with Crippen molar-refractivity contribution in [1.82, 2.24) is 5.32 Å². The predicted molar refractivity (Wildman–Crippen MR) is 71.8 cm³/mol. The molecule has 0 fully saturated rings. The number of nitrogens with one attached hydrogen (secondary N) is 1. The molecule has 0 saturated heterocycles. The van der Waals surface area contributed by atoms with E-state index in [-0.39, 0.29) is 12.4 Å². The van der Waals surface area contributed by atoms with Gasteiger partial charge in [0.1, 0.15) is 12.4 Å². The number of para-hydroxylation sites is 1. The molecule has 17 heavy (non-hydrogen) atoms. The van der Waals surface area contributed by atoms with Crippen LogP contribution in [0.5, 0.6) is 5.75 Å². The van der Waals surface area contributed by atoms with Gasteiger partial charge in [-0.15, -0.1) is 12.4 Å². The first kappa shape index (κ1) is 14.0. The molecule has 4 heteroatoms. The maximum absolute atomic E-state index is 5.76. The summed E-state index contributed by atoms with van der Waals surface area (Å²) < 4.78 is 10.7. The first-order valence-corrected chi connectivity index (χ1v) is 5.52. The minimum absolute atomic E-state index is 0. The smallest absolute Gasteiger partial charge is 0.131 e. The third-order valence-electron chi connectivity index (χ3n) is 2.53. The molecule has 1 N–H and O–H groups in total. The molecule has 0 saturated carbocycles. The summed E-state index contributed by atoms with van der Waals surface area (Å²) in [5, 5.41) is 3.32. The maximum Gasteiger partial charge on any atom is 0.131 e. The quantitative estimate of drug-likeness (QED) is 0.899. The second-order valence-electron chi connectivity index (χ2n) is 3.72. The van der Waals surface area contributed by atoms with Crippen molar-refractivity contribution < 1.29 is 9.47 Å². The van der Waals surface area contributed by atoms with Crippen molar-refractivity contribution >= 4 is 18.5 Å². The fourth-order valence-corrected chi connectivity index (χ4v) is 1.77. The van der Waals surface area contributed by atoms with Gasteiger partial charge in [0.15, 0.2) is 0 Å². The van der Waals surface area contributed by atoms with Crippen LogP contribution in [0.3, 0.4) is 0 Å². The van der Waals surface area contributed by atoms with Gasteiger partial charge in [-0.05, 0) is 0 Å². The predicted octanol–water partition coefficient (Wildman–Crippen LogP) is 2.25. The average Bonchev–Trinajstić information content (AvgIpc) is 2.55. The van der Waals surface area contributed by atoms with Gasteiger partial charge in [0.25, 0.3) is 0 Å². The van der Waals surface area contributed by atoms with Gasteiger partial charge < -0.3 is 14.8 Å². The number of fused-ring (bicyclic) bond motifs is 1. The minimum Gasteiger partial charge on any atom is -0.491 e. The van der Waals surface area contributed by atoms with Gasteiger partial charge in [-0.2, -0.15) is 0 Å². The summed E-state index contributed by atoms with van der Waals surface area (Å²) in [4.78, 5) is 0. The van der Waals surface area contributed by atoms with Crippen molar-refractivity contribution in [3.8, 4) is 5.75 Å². The zero-order chi connectivity index (χ0) is 11.2. The third kappa shape index (κ3) is 3.73. The van der Waals surface area contributed by atoms with Crippen LogP contribution < -0.4 is 10.1 Å². The highest BCUT2D eigenvalue weighted by Gasteiger charge is 2.10. The van der Waals surface area contributed by atoms with E-state index >= 15 is 0 Å². The first-order chi connectivity index (χ1) is 7.92. The Balaban J connectivity index is 0.00000144. The van der Waals surface area contributed by atoms with Crippen LogP contribution >= 0.6 is 12.4 Å². The molecule has 0 spiro atoms. The number of halogens is 1. The summed E-state index contributed by atoms with van der Waals surface area (Å²) in [5.41, 5.74) is 2.34. The Bertz CT molecular complexity index is 380. The van der Waals surface area contributed by atoms with Crippen LogP contribution in [0.4, 0.5) is 0 Å². The molecule has 1 aliphatic rings. The van der Waals surface area contributed by atoms with Gasteiger partial charge in [-0.25, -0.2) is 0 Å². The molecule has 1 aromatic carbocycles. The van der Waals surface area contributed by atoms with E-state index in [1.54, 1.807) is 7.11 Å². The van der Waals surface area contributed by atoms with Gasteiger partial charge in [0.2, 0.25) is 0 Å². The summed E-state index contributed by atoms with van der Waals surface area (Å²) in [6.45, 7) is 3.13. The zero-order valence-corrected chi connectivity index (χ0v) is 10.8. The van der Waals surface area contributed by atoms with Crippen molar-refractivity contribution in [3.63, 3.8) is 0 Å². The summed E-state index contributed by atoms with van der Waals surface area (Å²) in [6.07, 6.45) is 4.05. The van der Waals surface area contributed by atoms with Gasteiger partial charge in [0, 0.05) is 31.3 Å². The van der Waals surface area contributed by atoms with Crippen molar-refractivity contribution in [2.24, 2.45) is 0 Å². The van der Waals surface area contributed by atoms with Gasteiger partial charge >= 0.3 is 0 Å². The molecule has 3 nitrogen and oxygen atoms in total. The second kappa shape index (κ2) is 7.33. The zero-order valence-electron chi connectivity index (χ0n) is 9.94. The molecule has 94 valence electrons. The van der Waals surface area contributed by atoms with Crippen molar-refractivity contribution in [1.29, 1.82) is 0 Å². The van der Waals surface area contributed by atoms with Crippen LogP contribution in [0, 0.1) is 0 Å². The minimum atomic E-state index is 0. The molecule has 1 aromatic rings. The highest BCUT2D eigenvalue weighted by molar-refractivity contribution is 5.85. The molecule has 1 heterocycles. The molecular formula is C13H18ClNO2. The van der Waals surface area contributed by atoms with Gasteiger partial charge in [0.05, 0.1) is 6.61 Å². The standard InChI is InChI=1S/C13H17NO2.ClH/c1-15-8-3-6-11-4-2-5-12-10-14-7-9-16-13(11)12;/h2-6,14H,7-10H2,1H3;1H. The summed E-state index contributed by atoms with van der Waals surface area (Å²) in [5.74, 6) is 1.000. The van der Waals surface area contributed by atoms with E-state index in [0.29, 0.717) is 6.61 Å². The third-order valence-corrected chi connectivity index (χ3v) is 2.53. The van der Waals surface area contributed by atoms with Crippen LogP contribution in [-0.4, -0.2) is 26.9 Å². The average molecular weight is 256 g/mol. The number of methoxy groups -OCH3 is 1. The lowest BCUT2D eigenvalue weighted by molar-refractivity contribution is 0.234. The largest absolute Gasteiger partial charge is 0.491 e. The Kier molecular flexibility index (Phi) is 6.05. The number of hydrogen-bond donors (Lipinski definition) is 1. The van der Waals surface area contributed by atoms with E-state index in [9.17, 15) is 0 Å². The van der Waals surface area contributed by atoms with E-state index in [1.807, 2.05) is 12.2 Å². The lowest BCUT2D eigenvalue weighted by atomic mass is 10.1. The van der Waals surface area contributed by atoms with Crippen molar-refractivity contribution in [3.05, 3.63) is 35.4 Å². The summed E-state index contributed by atoms with van der Waals surface area (Å²) >= 11 is 0. The van der Waals surface area contributed by atoms with Gasteiger partial charge in [-0.1, -0.05) is 30.4 Å². The number of hydrogen-bond acceptors (Lipinski definition) is 3. The van der Waals surface area contributed by atoms with Crippen molar-refractivity contribution in [2.75, 3.05) is 26.9 Å². The molecule has 0 atom stereocenters. The molecule has 0 amide bonds. The van der Waals surface area contributed by atoms with Crippen LogP contribution in [0.25, 0.3) is 6.08 Å². The highest BCUT2D eigenvalue weighted by atomic mass is 35.5. The Hall–Kier alpha value is -1.03. The maximum atomic E-state index is 5.76. The van der Waals surface area contributed by atoms with Crippen LogP contribution in [0.1, 0.15) is 11.1 Å².